The highest BCUT2D eigenvalue weighted by Gasteiger charge is 2.42. The number of benzene rings is 1. The Morgan fingerprint density at radius 1 is 1.32 bits per heavy atom. The second-order valence-electron chi connectivity index (χ2n) is 5.13. The third-order valence-corrected chi connectivity index (χ3v) is 4.19. The summed E-state index contributed by atoms with van der Waals surface area (Å²) in [5.41, 5.74) is 3.31. The van der Waals surface area contributed by atoms with E-state index in [1.165, 1.54) is 5.56 Å². The van der Waals surface area contributed by atoms with E-state index in [-0.39, 0.29) is 12.0 Å². The van der Waals surface area contributed by atoms with Crippen LogP contribution in [0, 0.1) is 0 Å². The molecule has 1 heterocycles. The largest absolute Gasteiger partial charge is 0.397 e. The molecule has 0 aliphatic carbocycles. The van der Waals surface area contributed by atoms with Crippen LogP contribution in [0.5, 0.6) is 0 Å². The Bertz CT molecular complexity index is 632. The van der Waals surface area contributed by atoms with Gasteiger partial charge in [0.1, 0.15) is 6.61 Å². The third-order valence-electron chi connectivity index (χ3n) is 3.72. The van der Waals surface area contributed by atoms with Gasteiger partial charge in [-0.25, -0.2) is 4.18 Å². The predicted octanol–water partition coefficient (Wildman–Crippen LogP) is 1.90. The molecule has 0 atom stereocenters. The lowest BCUT2D eigenvalue weighted by molar-refractivity contribution is -0.441. The highest BCUT2D eigenvalue weighted by Crippen LogP contribution is 2.38. The minimum absolute atomic E-state index is 0.0828. The lowest BCUT2D eigenvalue weighted by atomic mass is 9.82. The van der Waals surface area contributed by atoms with Gasteiger partial charge < -0.3 is 0 Å². The molecule has 1 N–H and O–H groups in total. The van der Waals surface area contributed by atoms with Crippen LogP contribution in [0.25, 0.3) is 0 Å². The van der Waals surface area contributed by atoms with Crippen LogP contribution in [-0.4, -0.2) is 36.4 Å². The van der Waals surface area contributed by atoms with Gasteiger partial charge in [0.25, 0.3) is 0 Å². The Morgan fingerprint density at radius 3 is 2.58 bits per heavy atom. The topological polar surface area (TPSA) is 66.6 Å². The second-order valence-corrected chi connectivity index (χ2v) is 6.22. The van der Waals surface area contributed by atoms with E-state index in [2.05, 4.69) is 24.1 Å². The van der Waals surface area contributed by atoms with Gasteiger partial charge in [0.2, 0.25) is 5.69 Å². The van der Waals surface area contributed by atoms with E-state index in [1.54, 1.807) is 0 Å². The number of para-hydroxylation sites is 1. The van der Waals surface area contributed by atoms with Gasteiger partial charge in [0, 0.05) is 18.6 Å². The van der Waals surface area contributed by atoms with Crippen molar-refractivity contribution in [3.63, 3.8) is 0 Å². The fourth-order valence-electron chi connectivity index (χ4n) is 2.47. The highest BCUT2D eigenvalue weighted by atomic mass is 32.3. The first kappa shape index (κ1) is 14.2. The lowest BCUT2D eigenvalue weighted by Crippen LogP contribution is -2.27. The van der Waals surface area contributed by atoms with Gasteiger partial charge in [-0.2, -0.15) is 13.0 Å². The van der Waals surface area contributed by atoms with E-state index in [9.17, 15) is 8.42 Å². The van der Waals surface area contributed by atoms with Crippen molar-refractivity contribution in [2.45, 2.75) is 26.2 Å². The molecule has 2 rings (SSSR count). The van der Waals surface area contributed by atoms with Crippen LogP contribution >= 0.6 is 0 Å². The standard InChI is InChI=1S/C13H17NO4S/c1-10-13(2,3)11-6-4-5-7-12(11)14(10)8-9-18-19(15,16)17/h4-7H,8-9H2,1-3H3/p+1. The summed E-state index contributed by atoms with van der Waals surface area (Å²) < 4.78 is 36.1. The van der Waals surface area contributed by atoms with Crippen LogP contribution in [0.15, 0.2) is 24.3 Å². The highest BCUT2D eigenvalue weighted by molar-refractivity contribution is 7.80. The van der Waals surface area contributed by atoms with Crippen LogP contribution in [0.3, 0.4) is 0 Å². The van der Waals surface area contributed by atoms with E-state index >= 15 is 0 Å². The van der Waals surface area contributed by atoms with Crippen molar-refractivity contribution in [3.05, 3.63) is 29.8 Å². The first-order chi connectivity index (χ1) is 8.73. The first-order valence-electron chi connectivity index (χ1n) is 6.06. The summed E-state index contributed by atoms with van der Waals surface area (Å²) in [6, 6.07) is 8.01. The van der Waals surface area contributed by atoms with Gasteiger partial charge in [-0.15, -0.1) is 0 Å². The van der Waals surface area contributed by atoms with Gasteiger partial charge in [-0.1, -0.05) is 18.2 Å². The summed E-state index contributed by atoms with van der Waals surface area (Å²) in [5, 5.41) is 0. The van der Waals surface area contributed by atoms with Gasteiger partial charge in [-0.05, 0) is 13.8 Å². The number of hydrogen-bond donors (Lipinski definition) is 1. The van der Waals surface area contributed by atoms with E-state index in [0.29, 0.717) is 6.54 Å². The molecule has 0 fully saturated rings. The quantitative estimate of drug-likeness (QED) is 0.677. The van der Waals surface area contributed by atoms with Crippen molar-refractivity contribution < 1.29 is 21.7 Å². The molecular weight excluding hydrogens is 266 g/mol. The van der Waals surface area contributed by atoms with Crippen LogP contribution in [0.4, 0.5) is 5.69 Å². The van der Waals surface area contributed by atoms with Crippen LogP contribution in [-0.2, 0) is 20.0 Å². The molecule has 0 unspecified atom stereocenters. The molecule has 1 aromatic rings. The van der Waals surface area contributed by atoms with E-state index in [0.717, 1.165) is 11.4 Å². The zero-order valence-corrected chi connectivity index (χ0v) is 12.1. The fraction of sp³-hybridized carbons (Fsp3) is 0.462. The number of hydrogen-bond acceptors (Lipinski definition) is 3. The van der Waals surface area contributed by atoms with Gasteiger partial charge in [-0.3, -0.25) is 4.55 Å². The van der Waals surface area contributed by atoms with Crippen molar-refractivity contribution >= 4 is 21.8 Å². The smallest absolute Gasteiger partial charge is 0.264 e. The molecule has 1 aliphatic heterocycles. The summed E-state index contributed by atoms with van der Waals surface area (Å²) in [5.74, 6) is 0. The van der Waals surface area contributed by atoms with E-state index in [4.69, 9.17) is 4.55 Å². The lowest BCUT2D eigenvalue weighted by Gasteiger charge is -2.14. The van der Waals surface area contributed by atoms with E-state index < -0.39 is 10.4 Å². The first-order valence-corrected chi connectivity index (χ1v) is 7.43. The van der Waals surface area contributed by atoms with Gasteiger partial charge >= 0.3 is 10.4 Å². The summed E-state index contributed by atoms with van der Waals surface area (Å²) >= 11 is 0. The molecule has 1 aromatic carbocycles. The average Bonchev–Trinajstić information content (AvgIpc) is 2.50. The summed E-state index contributed by atoms with van der Waals surface area (Å²) in [6.07, 6.45) is 0. The van der Waals surface area contributed by atoms with Crippen molar-refractivity contribution in [1.29, 1.82) is 0 Å². The SMILES string of the molecule is CC1=[N+](CCOS(=O)(=O)O)c2ccccc2C1(C)C. The molecule has 0 bridgehead atoms. The Balaban J connectivity index is 2.27. The summed E-state index contributed by atoms with van der Waals surface area (Å²) in [6.45, 7) is 6.58. The van der Waals surface area contributed by atoms with Crippen molar-refractivity contribution in [1.82, 2.24) is 0 Å². The second kappa shape index (κ2) is 4.70. The Kier molecular flexibility index (Phi) is 3.51. The Hall–Kier alpha value is -1.24. The maximum absolute atomic E-state index is 10.6. The number of nitrogens with zero attached hydrogens (tertiary/aromatic N) is 1. The Morgan fingerprint density at radius 2 is 1.95 bits per heavy atom. The zero-order valence-electron chi connectivity index (χ0n) is 11.3. The maximum Gasteiger partial charge on any atom is 0.397 e. The summed E-state index contributed by atoms with van der Waals surface area (Å²) in [4.78, 5) is 0. The molecular formula is C13H18NO4S+. The monoisotopic (exact) mass is 284 g/mol. The molecule has 5 nitrogen and oxygen atoms in total. The minimum atomic E-state index is -4.38. The molecule has 0 saturated carbocycles. The van der Waals surface area contributed by atoms with Crippen LogP contribution in [0.1, 0.15) is 26.3 Å². The molecule has 0 aromatic heterocycles. The Labute approximate surface area is 113 Å². The molecule has 0 spiro atoms. The summed E-state index contributed by atoms with van der Waals surface area (Å²) in [7, 11) is -4.38. The van der Waals surface area contributed by atoms with Crippen molar-refractivity contribution in [2.24, 2.45) is 0 Å². The normalized spacial score (nSPS) is 17.7. The number of fused-ring (bicyclic) bond motifs is 1. The molecule has 0 radical (unpaired) electrons. The van der Waals surface area contributed by atoms with Crippen molar-refractivity contribution in [3.8, 4) is 0 Å². The molecule has 1 aliphatic rings. The molecule has 0 saturated heterocycles. The van der Waals surface area contributed by atoms with Crippen LogP contribution in [0.2, 0.25) is 0 Å². The number of rotatable bonds is 4. The predicted molar refractivity (Wildman–Crippen MR) is 72.4 cm³/mol. The third kappa shape index (κ3) is 2.70. The minimum Gasteiger partial charge on any atom is -0.264 e. The maximum atomic E-state index is 10.6. The van der Waals surface area contributed by atoms with E-state index in [1.807, 2.05) is 29.7 Å². The molecule has 0 amide bonds. The van der Waals surface area contributed by atoms with Gasteiger partial charge in [0.15, 0.2) is 12.3 Å². The fourth-order valence-corrected chi connectivity index (χ4v) is 2.76. The van der Waals surface area contributed by atoms with Crippen LogP contribution < -0.4 is 0 Å². The molecule has 104 valence electrons. The molecule has 6 heteroatoms. The zero-order chi connectivity index (χ0) is 14.3. The molecule has 19 heavy (non-hydrogen) atoms. The van der Waals surface area contributed by atoms with Gasteiger partial charge in [0.05, 0.1) is 5.41 Å². The van der Waals surface area contributed by atoms with Crippen molar-refractivity contribution in [2.75, 3.05) is 13.2 Å². The average molecular weight is 284 g/mol.